The molecule has 2 N–H and O–H groups in total. The molecular formula is C19H22FN3O2. The molecule has 0 spiro atoms. The van der Waals surface area contributed by atoms with Crippen LogP contribution < -0.4 is 10.6 Å². The van der Waals surface area contributed by atoms with Crippen molar-refractivity contribution >= 4 is 17.3 Å². The molecule has 2 aromatic rings. The van der Waals surface area contributed by atoms with Crippen molar-refractivity contribution in [2.45, 2.75) is 0 Å². The first-order valence-corrected chi connectivity index (χ1v) is 8.21. The summed E-state index contributed by atoms with van der Waals surface area (Å²) in [4.78, 5) is 15.8. The minimum absolute atomic E-state index is 0.325. The Morgan fingerprint density at radius 3 is 2.36 bits per heavy atom. The van der Waals surface area contributed by atoms with Crippen LogP contribution in [0.1, 0.15) is 10.4 Å². The summed E-state index contributed by atoms with van der Waals surface area (Å²) in [7, 11) is 3.40. The van der Waals surface area contributed by atoms with Crippen molar-refractivity contribution in [1.29, 1.82) is 0 Å². The summed E-state index contributed by atoms with van der Waals surface area (Å²) >= 11 is 0. The number of ether oxygens (including phenoxy) is 1. The molecule has 1 fully saturated rings. The third-order valence-electron chi connectivity index (χ3n) is 4.58. The molecule has 3 rings (SSSR count). The fourth-order valence-corrected chi connectivity index (χ4v) is 3.03. The molecule has 132 valence electrons. The van der Waals surface area contributed by atoms with Crippen molar-refractivity contribution in [1.82, 2.24) is 4.90 Å². The van der Waals surface area contributed by atoms with Crippen LogP contribution in [0.5, 0.6) is 0 Å². The van der Waals surface area contributed by atoms with Gasteiger partial charge in [0.25, 0.3) is 0 Å². The number of nitrogens with zero attached hydrogens (tertiary/aromatic N) is 2. The van der Waals surface area contributed by atoms with Gasteiger partial charge < -0.3 is 20.3 Å². The Bertz CT molecular complexity index is 769. The number of rotatable bonds is 3. The maximum atomic E-state index is 14.7. The highest BCUT2D eigenvalue weighted by molar-refractivity contribution is 5.90. The lowest BCUT2D eigenvalue weighted by Gasteiger charge is -2.34. The maximum absolute atomic E-state index is 14.7. The molecule has 25 heavy (non-hydrogen) atoms. The van der Waals surface area contributed by atoms with Crippen LogP contribution in [0.2, 0.25) is 0 Å². The second kappa shape index (κ2) is 7.11. The summed E-state index contributed by atoms with van der Waals surface area (Å²) in [5.74, 6) is -0.745. The molecule has 0 saturated carbocycles. The standard InChI is InChI=1S/C19H22FN3O2/c1-22-7-9-23(10-8-22)18-12-16(20)15(11-17(18)21)13-3-5-14(6-4-13)19(24)25-2/h3-6,11-12H,7-10,21H2,1-2H3. The minimum atomic E-state index is -0.419. The van der Waals surface area contributed by atoms with Gasteiger partial charge in [-0.25, -0.2) is 9.18 Å². The number of hydrogen-bond acceptors (Lipinski definition) is 5. The Labute approximate surface area is 146 Å². The van der Waals surface area contributed by atoms with Gasteiger partial charge in [-0.15, -0.1) is 0 Å². The monoisotopic (exact) mass is 343 g/mol. The molecule has 1 aliphatic heterocycles. The van der Waals surface area contributed by atoms with E-state index in [-0.39, 0.29) is 5.82 Å². The number of nitrogen functional groups attached to an aromatic ring is 1. The second-order valence-electron chi connectivity index (χ2n) is 6.25. The summed E-state index contributed by atoms with van der Waals surface area (Å²) in [6.45, 7) is 3.51. The summed E-state index contributed by atoms with van der Waals surface area (Å²) in [6, 6.07) is 9.79. The van der Waals surface area contributed by atoms with Gasteiger partial charge in [-0.2, -0.15) is 0 Å². The largest absolute Gasteiger partial charge is 0.465 e. The lowest BCUT2D eigenvalue weighted by Crippen LogP contribution is -2.44. The van der Waals surface area contributed by atoms with Crippen molar-refractivity contribution in [3.63, 3.8) is 0 Å². The average molecular weight is 343 g/mol. The summed E-state index contributed by atoms with van der Waals surface area (Å²) in [5.41, 5.74) is 9.00. The third-order valence-corrected chi connectivity index (χ3v) is 4.58. The zero-order valence-electron chi connectivity index (χ0n) is 14.5. The minimum Gasteiger partial charge on any atom is -0.465 e. The number of carbonyl (C=O) groups is 1. The molecule has 6 heteroatoms. The van der Waals surface area contributed by atoms with E-state index in [9.17, 15) is 9.18 Å². The van der Waals surface area contributed by atoms with Crippen LogP contribution >= 0.6 is 0 Å². The number of methoxy groups -OCH3 is 1. The van der Waals surface area contributed by atoms with E-state index in [1.165, 1.54) is 13.2 Å². The highest BCUT2D eigenvalue weighted by Gasteiger charge is 2.19. The lowest BCUT2D eigenvalue weighted by atomic mass is 10.0. The third kappa shape index (κ3) is 3.58. The number of carbonyl (C=O) groups excluding carboxylic acids is 1. The number of benzene rings is 2. The zero-order valence-corrected chi connectivity index (χ0v) is 14.5. The van der Waals surface area contributed by atoms with Gasteiger partial charge in [0.05, 0.1) is 24.0 Å². The summed E-state index contributed by atoms with van der Waals surface area (Å²) < 4.78 is 19.4. The van der Waals surface area contributed by atoms with Crippen molar-refractivity contribution in [3.8, 4) is 11.1 Å². The molecule has 1 aliphatic rings. The topological polar surface area (TPSA) is 58.8 Å². The van der Waals surface area contributed by atoms with Gasteiger partial charge in [0.2, 0.25) is 0 Å². The van der Waals surface area contributed by atoms with Gasteiger partial charge in [-0.3, -0.25) is 0 Å². The van der Waals surface area contributed by atoms with Gasteiger partial charge in [0.1, 0.15) is 5.82 Å². The Kier molecular flexibility index (Phi) is 4.90. The first kappa shape index (κ1) is 17.2. The van der Waals surface area contributed by atoms with Gasteiger partial charge in [0.15, 0.2) is 0 Å². The van der Waals surface area contributed by atoms with Crippen molar-refractivity contribution < 1.29 is 13.9 Å². The predicted molar refractivity (Wildman–Crippen MR) is 97.3 cm³/mol. The number of piperazine rings is 1. The van der Waals surface area contributed by atoms with E-state index >= 15 is 0 Å². The molecular weight excluding hydrogens is 321 g/mol. The molecule has 1 heterocycles. The highest BCUT2D eigenvalue weighted by atomic mass is 19.1. The molecule has 0 unspecified atom stereocenters. The number of halogens is 1. The van der Waals surface area contributed by atoms with Gasteiger partial charge >= 0.3 is 5.97 Å². The van der Waals surface area contributed by atoms with E-state index in [0.717, 1.165) is 31.9 Å². The van der Waals surface area contributed by atoms with E-state index < -0.39 is 5.97 Å². The Balaban J connectivity index is 1.88. The average Bonchev–Trinajstić information content (AvgIpc) is 2.63. The summed E-state index contributed by atoms with van der Waals surface area (Å²) in [5, 5.41) is 0. The molecule has 0 aromatic heterocycles. The van der Waals surface area contributed by atoms with E-state index in [1.54, 1.807) is 30.3 Å². The van der Waals surface area contributed by atoms with E-state index in [2.05, 4.69) is 21.6 Å². The van der Waals surface area contributed by atoms with Crippen LogP contribution in [0.3, 0.4) is 0 Å². The van der Waals surface area contributed by atoms with E-state index in [1.807, 2.05) is 0 Å². The molecule has 0 amide bonds. The Morgan fingerprint density at radius 2 is 1.76 bits per heavy atom. The lowest BCUT2D eigenvalue weighted by molar-refractivity contribution is 0.0601. The fraction of sp³-hybridized carbons (Fsp3) is 0.316. The molecule has 5 nitrogen and oxygen atoms in total. The molecule has 0 radical (unpaired) electrons. The Morgan fingerprint density at radius 1 is 1.12 bits per heavy atom. The fourth-order valence-electron chi connectivity index (χ4n) is 3.03. The quantitative estimate of drug-likeness (QED) is 0.686. The van der Waals surface area contributed by atoms with Crippen molar-refractivity contribution in [3.05, 3.63) is 47.8 Å². The van der Waals surface area contributed by atoms with Crippen LogP contribution in [0.4, 0.5) is 15.8 Å². The van der Waals surface area contributed by atoms with Crippen LogP contribution in [0.25, 0.3) is 11.1 Å². The maximum Gasteiger partial charge on any atom is 0.337 e. The number of likely N-dealkylation sites (N-methyl/N-ethyl adjacent to an activating group) is 1. The molecule has 1 saturated heterocycles. The molecule has 0 atom stereocenters. The number of anilines is 2. The smallest absolute Gasteiger partial charge is 0.337 e. The van der Waals surface area contributed by atoms with Crippen molar-refractivity contribution in [2.24, 2.45) is 0 Å². The second-order valence-corrected chi connectivity index (χ2v) is 6.25. The van der Waals surface area contributed by atoms with E-state index in [0.29, 0.717) is 22.4 Å². The molecule has 0 aliphatic carbocycles. The van der Waals surface area contributed by atoms with Crippen LogP contribution in [0.15, 0.2) is 36.4 Å². The molecule has 2 aromatic carbocycles. The van der Waals surface area contributed by atoms with Gasteiger partial charge in [-0.05, 0) is 36.9 Å². The van der Waals surface area contributed by atoms with Gasteiger partial charge in [0, 0.05) is 31.7 Å². The number of nitrogens with two attached hydrogens (primary N) is 1. The van der Waals surface area contributed by atoms with Crippen molar-refractivity contribution in [2.75, 3.05) is 51.0 Å². The Hall–Kier alpha value is -2.60. The van der Waals surface area contributed by atoms with Crippen LogP contribution in [0, 0.1) is 5.82 Å². The predicted octanol–water partition coefficient (Wildman–Crippen LogP) is 2.61. The van der Waals surface area contributed by atoms with Gasteiger partial charge in [-0.1, -0.05) is 12.1 Å². The number of esters is 1. The molecule has 0 bridgehead atoms. The van der Waals surface area contributed by atoms with E-state index in [4.69, 9.17) is 5.73 Å². The zero-order chi connectivity index (χ0) is 18.0. The highest BCUT2D eigenvalue weighted by Crippen LogP contribution is 2.33. The number of hydrogen-bond donors (Lipinski definition) is 1. The SMILES string of the molecule is COC(=O)c1ccc(-c2cc(N)c(N3CCN(C)CC3)cc2F)cc1. The first-order valence-electron chi connectivity index (χ1n) is 8.21. The first-order chi connectivity index (χ1) is 12.0. The normalized spacial score (nSPS) is 15.2. The van der Waals surface area contributed by atoms with Crippen LogP contribution in [-0.4, -0.2) is 51.2 Å². The van der Waals surface area contributed by atoms with Crippen LogP contribution in [-0.2, 0) is 4.74 Å². The summed E-state index contributed by atoms with van der Waals surface area (Å²) in [6.07, 6.45) is 0.